The number of aromatic nitrogens is 1. The quantitative estimate of drug-likeness (QED) is 0.180. The van der Waals surface area contributed by atoms with Gasteiger partial charge in [-0.15, -0.1) is 0 Å². The SMILES string of the molecule is c1ccc(C2N=C(c3ccc(-n4c5ccccc5c5c6c(c7ccccc7c54)-c4ccccc4C6(c4ccccc4)c4ccccc4)cc3)NC(c3ccccc3)[N-]2)cc1. The highest BCUT2D eigenvalue weighted by Gasteiger charge is 2.48. The lowest BCUT2D eigenvalue weighted by Gasteiger charge is -2.44. The van der Waals surface area contributed by atoms with Gasteiger partial charge in [-0.25, -0.2) is 0 Å². The molecule has 9 aromatic carbocycles. The molecular formula is C56H39N4-. The van der Waals surface area contributed by atoms with Gasteiger partial charge in [-0.2, -0.15) is 0 Å². The molecule has 60 heavy (non-hydrogen) atoms. The Morgan fingerprint density at radius 3 is 1.73 bits per heavy atom. The lowest BCUT2D eigenvalue weighted by Crippen LogP contribution is -2.34. The largest absolute Gasteiger partial charge is 0.613 e. The second-order valence-electron chi connectivity index (χ2n) is 15.8. The van der Waals surface area contributed by atoms with Crippen molar-refractivity contribution in [3.8, 4) is 16.8 Å². The van der Waals surface area contributed by atoms with E-state index in [2.05, 4.69) is 216 Å². The zero-order chi connectivity index (χ0) is 39.6. The molecule has 10 aromatic rings. The van der Waals surface area contributed by atoms with Gasteiger partial charge in [-0.3, -0.25) is 4.99 Å². The van der Waals surface area contributed by atoms with Gasteiger partial charge in [-0.1, -0.05) is 188 Å². The number of aliphatic imine (C=N–C) groups is 1. The molecule has 1 N–H and O–H groups in total. The third-order valence-corrected chi connectivity index (χ3v) is 12.6. The van der Waals surface area contributed by atoms with E-state index < -0.39 is 5.41 Å². The Morgan fingerprint density at radius 2 is 1.05 bits per heavy atom. The van der Waals surface area contributed by atoms with E-state index >= 15 is 0 Å². The molecule has 0 saturated heterocycles. The lowest BCUT2D eigenvalue weighted by atomic mass is 9.66. The fourth-order valence-electron chi connectivity index (χ4n) is 10.2. The Hall–Kier alpha value is -7.53. The van der Waals surface area contributed by atoms with Crippen molar-refractivity contribution < 1.29 is 0 Å². The molecule has 1 aliphatic heterocycles. The molecule has 0 fully saturated rings. The maximum Gasteiger partial charge on any atom is 0.126 e. The van der Waals surface area contributed by atoms with Gasteiger partial charge in [0.2, 0.25) is 0 Å². The summed E-state index contributed by atoms with van der Waals surface area (Å²) in [6.07, 6.45) is -0.551. The summed E-state index contributed by atoms with van der Waals surface area (Å²) in [4.78, 5) is 5.20. The molecule has 284 valence electrons. The number of rotatable bonds is 6. The van der Waals surface area contributed by atoms with Gasteiger partial charge in [0.15, 0.2) is 0 Å². The van der Waals surface area contributed by atoms with Crippen LogP contribution in [-0.4, -0.2) is 10.4 Å². The fourth-order valence-corrected chi connectivity index (χ4v) is 10.2. The van der Waals surface area contributed by atoms with E-state index in [0.29, 0.717) is 0 Å². The summed E-state index contributed by atoms with van der Waals surface area (Å²) in [6, 6.07) is 79.1. The van der Waals surface area contributed by atoms with E-state index in [1.807, 2.05) is 12.1 Å². The van der Waals surface area contributed by atoms with Crippen LogP contribution in [0.1, 0.15) is 51.3 Å². The number of para-hydroxylation sites is 1. The van der Waals surface area contributed by atoms with Crippen molar-refractivity contribution in [1.29, 1.82) is 0 Å². The molecule has 2 aliphatic rings. The minimum atomic E-state index is -0.560. The fraction of sp³-hybridized carbons (Fsp3) is 0.0536. The Balaban J connectivity index is 1.12. The molecule has 4 nitrogen and oxygen atoms in total. The summed E-state index contributed by atoms with van der Waals surface area (Å²) in [7, 11) is 0. The standard InChI is InChI=1S/C56H39N4/c1-5-19-37(20-6-1)53-57-54(38-21-7-2-8-22-38)59-55(58-53)39-33-35-42(36-34-39)60-48-32-18-16-30-46(48)50-51-49(43-27-13-14-28-44(43)52(50)60)45-29-15-17-31-47(45)56(51,40-23-9-3-10-24-40)41-25-11-4-12-26-41/h1-36,53-54H,(H,58,59)/q-1. The predicted octanol–water partition coefficient (Wildman–Crippen LogP) is 13.4. The minimum absolute atomic E-state index is 0.229. The summed E-state index contributed by atoms with van der Waals surface area (Å²) in [5.41, 5.74) is 13.9. The van der Waals surface area contributed by atoms with Crippen LogP contribution in [0, 0.1) is 0 Å². The van der Waals surface area contributed by atoms with Gasteiger partial charge < -0.3 is 15.2 Å². The van der Waals surface area contributed by atoms with E-state index in [4.69, 9.17) is 10.3 Å². The molecule has 0 saturated carbocycles. The summed E-state index contributed by atoms with van der Waals surface area (Å²) in [6.45, 7) is 0. The van der Waals surface area contributed by atoms with Gasteiger partial charge in [0.25, 0.3) is 0 Å². The Bertz CT molecular complexity index is 3200. The first kappa shape index (κ1) is 34.5. The van der Waals surface area contributed by atoms with E-state index in [1.54, 1.807) is 0 Å². The average Bonchev–Trinajstić information content (AvgIpc) is 3.84. The normalized spacial score (nSPS) is 16.6. The highest BCUT2D eigenvalue weighted by Crippen LogP contribution is 2.61. The summed E-state index contributed by atoms with van der Waals surface area (Å²) >= 11 is 0. The van der Waals surface area contributed by atoms with Crippen LogP contribution in [0.3, 0.4) is 0 Å². The van der Waals surface area contributed by atoms with Crippen LogP contribution in [0.4, 0.5) is 0 Å². The number of fused-ring (bicyclic) bond motifs is 10. The van der Waals surface area contributed by atoms with E-state index in [-0.39, 0.29) is 12.3 Å². The summed E-state index contributed by atoms with van der Waals surface area (Å²) in [5, 5.41) is 13.8. The third kappa shape index (κ3) is 5.11. The maximum absolute atomic E-state index is 5.20. The van der Waals surface area contributed by atoms with Crippen LogP contribution in [0.15, 0.2) is 223 Å². The van der Waals surface area contributed by atoms with Gasteiger partial charge in [0, 0.05) is 27.4 Å². The van der Waals surface area contributed by atoms with Crippen molar-refractivity contribution in [3.63, 3.8) is 0 Å². The minimum Gasteiger partial charge on any atom is -0.613 e. The molecule has 4 heteroatoms. The molecule has 2 atom stereocenters. The van der Waals surface area contributed by atoms with Gasteiger partial charge in [0.05, 0.1) is 16.4 Å². The van der Waals surface area contributed by atoms with Crippen LogP contribution < -0.4 is 5.32 Å². The van der Waals surface area contributed by atoms with Crippen LogP contribution in [0.5, 0.6) is 0 Å². The Morgan fingerprint density at radius 1 is 0.500 bits per heavy atom. The third-order valence-electron chi connectivity index (χ3n) is 12.6. The topological polar surface area (TPSA) is 43.4 Å². The molecule has 0 radical (unpaired) electrons. The van der Waals surface area contributed by atoms with Gasteiger partial charge in [-0.05, 0) is 92.6 Å². The number of benzene rings is 9. The lowest BCUT2D eigenvalue weighted by molar-refractivity contribution is 0.631. The zero-order valence-electron chi connectivity index (χ0n) is 32.8. The molecule has 2 unspecified atom stereocenters. The van der Waals surface area contributed by atoms with E-state index in [9.17, 15) is 0 Å². The van der Waals surface area contributed by atoms with Crippen molar-refractivity contribution in [2.24, 2.45) is 4.99 Å². The van der Waals surface area contributed by atoms with Crippen LogP contribution in [0.2, 0.25) is 0 Å². The van der Waals surface area contributed by atoms with E-state index in [0.717, 1.165) is 28.2 Å². The van der Waals surface area contributed by atoms with Crippen molar-refractivity contribution in [2.75, 3.05) is 0 Å². The molecular weight excluding hydrogens is 729 g/mol. The summed E-state index contributed by atoms with van der Waals surface area (Å²) < 4.78 is 2.49. The van der Waals surface area contributed by atoms with Crippen LogP contribution in [-0.2, 0) is 5.41 Å². The van der Waals surface area contributed by atoms with Gasteiger partial charge in [0.1, 0.15) is 5.84 Å². The number of nitrogens with zero attached hydrogens (tertiary/aromatic N) is 3. The first-order valence-corrected chi connectivity index (χ1v) is 20.7. The first-order chi connectivity index (χ1) is 29.8. The number of hydrogen-bond acceptors (Lipinski definition) is 2. The number of nitrogens with one attached hydrogen (secondary N) is 1. The molecule has 0 spiro atoms. The predicted molar refractivity (Wildman–Crippen MR) is 247 cm³/mol. The first-order valence-electron chi connectivity index (χ1n) is 20.7. The van der Waals surface area contributed by atoms with Crippen molar-refractivity contribution in [2.45, 2.75) is 17.7 Å². The monoisotopic (exact) mass is 767 g/mol. The second kappa shape index (κ2) is 13.8. The molecule has 2 heterocycles. The number of hydrogen-bond donors (Lipinski definition) is 1. The summed E-state index contributed by atoms with van der Waals surface area (Å²) in [5.74, 6) is 0.831. The highest BCUT2D eigenvalue weighted by molar-refractivity contribution is 6.26. The second-order valence-corrected chi connectivity index (χ2v) is 15.8. The smallest absolute Gasteiger partial charge is 0.126 e. The highest BCUT2D eigenvalue weighted by atomic mass is 15.3. The number of amidine groups is 1. The Labute approximate surface area is 349 Å². The zero-order valence-corrected chi connectivity index (χ0v) is 32.8. The Kier molecular flexibility index (Phi) is 7.94. The van der Waals surface area contributed by atoms with Crippen molar-refractivity contribution in [1.82, 2.24) is 9.88 Å². The molecule has 1 aromatic heterocycles. The molecule has 1 aliphatic carbocycles. The van der Waals surface area contributed by atoms with Crippen molar-refractivity contribution in [3.05, 3.63) is 263 Å². The van der Waals surface area contributed by atoms with E-state index in [1.165, 1.54) is 66.0 Å². The van der Waals surface area contributed by atoms with Crippen LogP contribution >= 0.6 is 0 Å². The molecule has 12 rings (SSSR count). The van der Waals surface area contributed by atoms with Crippen LogP contribution in [0.25, 0.3) is 54.7 Å². The molecule has 0 amide bonds. The van der Waals surface area contributed by atoms with Crippen molar-refractivity contribution >= 4 is 38.4 Å². The van der Waals surface area contributed by atoms with Gasteiger partial charge >= 0.3 is 0 Å². The maximum atomic E-state index is 5.20. The average molecular weight is 768 g/mol. The molecule has 0 bridgehead atoms.